The Labute approximate surface area is 94.3 Å². The molecule has 1 aliphatic heterocycles. The van der Waals surface area contributed by atoms with Gasteiger partial charge in [-0.1, -0.05) is 18.2 Å². The van der Waals surface area contributed by atoms with E-state index < -0.39 is 0 Å². The van der Waals surface area contributed by atoms with Crippen molar-refractivity contribution < 1.29 is 4.79 Å². The summed E-state index contributed by atoms with van der Waals surface area (Å²) in [5, 5.41) is 0. The number of para-hydroxylation sites is 1. The van der Waals surface area contributed by atoms with Crippen molar-refractivity contribution in [2.45, 2.75) is 26.4 Å². The highest BCUT2D eigenvalue weighted by atomic mass is 32.2. The van der Waals surface area contributed by atoms with Crippen molar-refractivity contribution in [1.82, 2.24) is 4.31 Å². The smallest absolute Gasteiger partial charge is 0.225 e. The van der Waals surface area contributed by atoms with E-state index in [2.05, 4.69) is 24.2 Å². The van der Waals surface area contributed by atoms with Gasteiger partial charge in [0.25, 0.3) is 0 Å². The van der Waals surface area contributed by atoms with Gasteiger partial charge in [-0.2, -0.15) is 0 Å². The van der Waals surface area contributed by atoms with E-state index in [1.54, 1.807) is 4.31 Å². The minimum atomic E-state index is 0.422. The second kappa shape index (κ2) is 4.24. The highest BCUT2D eigenvalue weighted by molar-refractivity contribution is 7.99. The van der Waals surface area contributed by atoms with Crippen LogP contribution in [0.1, 0.15) is 19.4 Å². The highest BCUT2D eigenvalue weighted by Crippen LogP contribution is 2.35. The SMILES string of the molecule is CC(C)N1Cc2ccccc2N(C=O)S1. The lowest BCUT2D eigenvalue weighted by Gasteiger charge is -2.35. The van der Waals surface area contributed by atoms with Crippen LogP contribution in [-0.2, 0) is 11.3 Å². The Kier molecular flexibility index (Phi) is 2.98. The van der Waals surface area contributed by atoms with Crippen LogP contribution in [-0.4, -0.2) is 16.8 Å². The molecule has 4 heteroatoms. The van der Waals surface area contributed by atoms with Crippen LogP contribution >= 0.6 is 12.1 Å². The first-order chi connectivity index (χ1) is 7.22. The first-order valence-corrected chi connectivity index (χ1v) is 5.72. The molecular weight excluding hydrogens is 208 g/mol. The summed E-state index contributed by atoms with van der Waals surface area (Å²) in [6.07, 6.45) is 0.873. The third kappa shape index (κ3) is 2.01. The number of hydrogen-bond donors (Lipinski definition) is 0. The molecule has 1 aliphatic rings. The Morgan fingerprint density at radius 3 is 2.80 bits per heavy atom. The summed E-state index contributed by atoms with van der Waals surface area (Å²) in [6.45, 7) is 5.15. The molecule has 0 atom stereocenters. The van der Waals surface area contributed by atoms with E-state index in [0.717, 1.165) is 18.6 Å². The van der Waals surface area contributed by atoms with Gasteiger partial charge >= 0.3 is 0 Å². The zero-order chi connectivity index (χ0) is 10.8. The molecular formula is C11H14N2OS. The van der Waals surface area contributed by atoms with Gasteiger partial charge in [0.05, 0.1) is 5.69 Å². The van der Waals surface area contributed by atoms with Gasteiger partial charge in [0.15, 0.2) is 0 Å². The Morgan fingerprint density at radius 2 is 2.13 bits per heavy atom. The Hall–Kier alpha value is -1.000. The molecule has 1 aromatic carbocycles. The second-order valence-corrected chi connectivity index (χ2v) is 4.84. The predicted molar refractivity (Wildman–Crippen MR) is 63.3 cm³/mol. The summed E-state index contributed by atoms with van der Waals surface area (Å²) in [5.41, 5.74) is 2.21. The first kappa shape index (κ1) is 10.5. The molecule has 0 N–H and O–H groups in total. The quantitative estimate of drug-likeness (QED) is 0.567. The van der Waals surface area contributed by atoms with Gasteiger partial charge in [-0.3, -0.25) is 4.79 Å². The molecule has 0 fully saturated rings. The summed E-state index contributed by atoms with van der Waals surface area (Å²) in [4.78, 5) is 11.0. The van der Waals surface area contributed by atoms with Crippen LogP contribution in [0, 0.1) is 0 Å². The van der Waals surface area contributed by atoms with Gasteiger partial charge in [0.2, 0.25) is 6.41 Å². The zero-order valence-corrected chi connectivity index (χ0v) is 9.70. The minimum Gasteiger partial charge on any atom is -0.277 e. The van der Waals surface area contributed by atoms with Crippen molar-refractivity contribution in [2.75, 3.05) is 4.31 Å². The van der Waals surface area contributed by atoms with E-state index in [9.17, 15) is 4.79 Å². The summed E-state index contributed by atoms with van der Waals surface area (Å²) in [5.74, 6) is 0. The number of benzene rings is 1. The molecule has 1 aromatic rings. The van der Waals surface area contributed by atoms with Crippen LogP contribution in [0.4, 0.5) is 5.69 Å². The standard InChI is InChI=1S/C11H14N2OS/c1-9(2)12-7-10-5-3-4-6-11(10)13(8-14)15-12/h3-6,8-9H,7H2,1-2H3. The fourth-order valence-corrected chi connectivity index (χ4v) is 2.48. The third-order valence-corrected chi connectivity index (χ3v) is 3.64. The monoisotopic (exact) mass is 222 g/mol. The van der Waals surface area contributed by atoms with E-state index in [4.69, 9.17) is 0 Å². The summed E-state index contributed by atoms with van der Waals surface area (Å²) < 4.78 is 3.87. The largest absolute Gasteiger partial charge is 0.277 e. The van der Waals surface area contributed by atoms with Gasteiger partial charge in [-0.15, -0.1) is 0 Å². The van der Waals surface area contributed by atoms with Crippen molar-refractivity contribution in [3.05, 3.63) is 29.8 Å². The molecule has 0 spiro atoms. The maximum atomic E-state index is 11.0. The van der Waals surface area contributed by atoms with Crippen LogP contribution in [0.15, 0.2) is 24.3 Å². The number of carbonyl (C=O) groups excluding carboxylic acids is 1. The molecule has 15 heavy (non-hydrogen) atoms. The molecule has 0 bridgehead atoms. The fraction of sp³-hybridized carbons (Fsp3) is 0.364. The lowest BCUT2D eigenvalue weighted by Crippen LogP contribution is -2.33. The molecule has 80 valence electrons. The Bertz CT molecular complexity index is 367. The lowest BCUT2D eigenvalue weighted by atomic mass is 10.1. The number of hydrogen-bond acceptors (Lipinski definition) is 3. The molecule has 0 aliphatic carbocycles. The Balaban J connectivity index is 2.34. The van der Waals surface area contributed by atoms with Crippen LogP contribution in [0.2, 0.25) is 0 Å². The van der Waals surface area contributed by atoms with Crippen LogP contribution in [0.5, 0.6) is 0 Å². The minimum absolute atomic E-state index is 0.422. The maximum absolute atomic E-state index is 11.0. The number of anilines is 1. The molecule has 3 nitrogen and oxygen atoms in total. The second-order valence-electron chi connectivity index (χ2n) is 3.81. The fourth-order valence-electron chi connectivity index (χ4n) is 1.57. The first-order valence-electron chi connectivity index (χ1n) is 4.99. The van der Waals surface area contributed by atoms with Gasteiger partial charge in [-0.25, -0.2) is 8.61 Å². The average molecular weight is 222 g/mol. The van der Waals surface area contributed by atoms with Gasteiger partial charge in [0.1, 0.15) is 0 Å². The molecule has 0 aromatic heterocycles. The molecule has 2 rings (SSSR count). The molecule has 0 saturated heterocycles. The normalized spacial score (nSPS) is 16.6. The van der Waals surface area contributed by atoms with Crippen LogP contribution in [0.25, 0.3) is 0 Å². The number of fused-ring (bicyclic) bond motifs is 1. The van der Waals surface area contributed by atoms with Crippen molar-refractivity contribution >= 4 is 24.2 Å². The maximum Gasteiger partial charge on any atom is 0.225 e. The number of nitrogens with zero attached hydrogens (tertiary/aromatic N) is 2. The van der Waals surface area contributed by atoms with Gasteiger partial charge in [-0.05, 0) is 25.5 Å². The average Bonchev–Trinajstić information content (AvgIpc) is 2.27. The van der Waals surface area contributed by atoms with Gasteiger partial charge < -0.3 is 0 Å². The molecule has 1 amide bonds. The molecule has 0 radical (unpaired) electrons. The molecule has 0 unspecified atom stereocenters. The van der Waals surface area contributed by atoms with E-state index in [1.807, 2.05) is 18.2 Å². The van der Waals surface area contributed by atoms with E-state index in [0.29, 0.717) is 6.04 Å². The highest BCUT2D eigenvalue weighted by Gasteiger charge is 2.24. The predicted octanol–water partition coefficient (Wildman–Crippen LogP) is 2.44. The van der Waals surface area contributed by atoms with Crippen molar-refractivity contribution in [3.8, 4) is 0 Å². The van der Waals surface area contributed by atoms with E-state index in [-0.39, 0.29) is 0 Å². The van der Waals surface area contributed by atoms with Crippen molar-refractivity contribution in [2.24, 2.45) is 0 Å². The van der Waals surface area contributed by atoms with Crippen molar-refractivity contribution in [3.63, 3.8) is 0 Å². The van der Waals surface area contributed by atoms with E-state index in [1.165, 1.54) is 17.7 Å². The lowest BCUT2D eigenvalue weighted by molar-refractivity contribution is -0.106. The summed E-state index contributed by atoms with van der Waals surface area (Å²) in [7, 11) is 0. The molecule has 0 saturated carbocycles. The number of rotatable bonds is 2. The number of amides is 1. The summed E-state index contributed by atoms with van der Waals surface area (Å²) in [6, 6.07) is 8.44. The summed E-state index contributed by atoms with van der Waals surface area (Å²) >= 11 is 1.48. The van der Waals surface area contributed by atoms with Gasteiger partial charge in [0, 0.05) is 24.7 Å². The van der Waals surface area contributed by atoms with Crippen LogP contribution in [0.3, 0.4) is 0 Å². The Morgan fingerprint density at radius 1 is 1.40 bits per heavy atom. The molecule has 1 heterocycles. The van der Waals surface area contributed by atoms with Crippen molar-refractivity contribution in [1.29, 1.82) is 0 Å². The van der Waals surface area contributed by atoms with E-state index >= 15 is 0 Å². The number of carbonyl (C=O) groups is 1. The zero-order valence-electron chi connectivity index (χ0n) is 8.88. The third-order valence-electron chi connectivity index (χ3n) is 2.42. The topological polar surface area (TPSA) is 23.6 Å². The van der Waals surface area contributed by atoms with Crippen LogP contribution < -0.4 is 4.31 Å².